The largest absolute Gasteiger partial charge is 0.385 e. The smallest absolute Gasteiger partial charge is 0.257 e. The van der Waals surface area contributed by atoms with E-state index in [2.05, 4.69) is 10.3 Å². The van der Waals surface area contributed by atoms with Gasteiger partial charge in [-0.2, -0.15) is 0 Å². The normalized spacial score (nSPS) is 10.2. The van der Waals surface area contributed by atoms with Crippen LogP contribution >= 0.6 is 0 Å². The molecule has 2 aromatic rings. The second-order valence-corrected chi connectivity index (χ2v) is 4.74. The third-order valence-corrected chi connectivity index (χ3v) is 3.07. The highest BCUT2D eigenvalue weighted by Crippen LogP contribution is 2.16. The highest BCUT2D eigenvalue weighted by Gasteiger charge is 2.16. The number of anilines is 1. The molecule has 0 spiro atoms. The standard InChI is InChI=1S/C16H18FN3O/c1-3-19-15-7-8-18-10-14(15)16(21)20(2)11-12-5-4-6-13(17)9-12/h4-10H,3,11H2,1-2H3,(H,18,19). The van der Waals surface area contributed by atoms with E-state index in [1.54, 1.807) is 42.5 Å². The lowest BCUT2D eigenvalue weighted by molar-refractivity contribution is 0.0785. The number of hydrogen-bond donors (Lipinski definition) is 1. The number of nitrogens with one attached hydrogen (secondary N) is 1. The van der Waals surface area contributed by atoms with Crippen molar-refractivity contribution < 1.29 is 9.18 Å². The van der Waals surface area contributed by atoms with Crippen LogP contribution in [0.15, 0.2) is 42.7 Å². The van der Waals surface area contributed by atoms with Crippen LogP contribution in [-0.2, 0) is 6.54 Å². The average molecular weight is 287 g/mol. The monoisotopic (exact) mass is 287 g/mol. The minimum Gasteiger partial charge on any atom is -0.385 e. The fourth-order valence-electron chi connectivity index (χ4n) is 2.10. The van der Waals surface area contributed by atoms with E-state index in [0.29, 0.717) is 12.1 Å². The molecule has 110 valence electrons. The molecule has 1 aromatic heterocycles. The second kappa shape index (κ2) is 6.83. The maximum absolute atomic E-state index is 13.2. The Balaban J connectivity index is 2.16. The summed E-state index contributed by atoms with van der Waals surface area (Å²) in [7, 11) is 1.69. The molecule has 0 aliphatic heterocycles. The van der Waals surface area contributed by atoms with Crippen molar-refractivity contribution in [2.24, 2.45) is 0 Å². The quantitative estimate of drug-likeness (QED) is 0.919. The molecule has 0 atom stereocenters. The predicted molar refractivity (Wildman–Crippen MR) is 80.6 cm³/mol. The maximum Gasteiger partial charge on any atom is 0.257 e. The zero-order valence-corrected chi connectivity index (χ0v) is 12.1. The number of rotatable bonds is 5. The molecule has 2 rings (SSSR count). The van der Waals surface area contributed by atoms with Crippen molar-refractivity contribution in [3.05, 3.63) is 59.7 Å². The van der Waals surface area contributed by atoms with Crippen LogP contribution in [0.5, 0.6) is 0 Å². The molecule has 1 amide bonds. The highest BCUT2D eigenvalue weighted by molar-refractivity contribution is 5.99. The van der Waals surface area contributed by atoms with Gasteiger partial charge in [0.2, 0.25) is 0 Å². The second-order valence-electron chi connectivity index (χ2n) is 4.74. The molecule has 0 bridgehead atoms. The van der Waals surface area contributed by atoms with E-state index in [1.807, 2.05) is 6.92 Å². The molecule has 0 aliphatic rings. The summed E-state index contributed by atoms with van der Waals surface area (Å²) >= 11 is 0. The Morgan fingerprint density at radius 3 is 2.90 bits per heavy atom. The summed E-state index contributed by atoms with van der Waals surface area (Å²) in [6.07, 6.45) is 3.18. The Morgan fingerprint density at radius 2 is 2.19 bits per heavy atom. The van der Waals surface area contributed by atoms with Crippen molar-refractivity contribution in [1.82, 2.24) is 9.88 Å². The summed E-state index contributed by atoms with van der Waals surface area (Å²) in [5.41, 5.74) is 2.02. The van der Waals surface area contributed by atoms with Gasteiger partial charge in [-0.3, -0.25) is 9.78 Å². The van der Waals surface area contributed by atoms with Gasteiger partial charge < -0.3 is 10.2 Å². The van der Waals surface area contributed by atoms with Crippen LogP contribution in [0.3, 0.4) is 0 Å². The van der Waals surface area contributed by atoms with Gasteiger partial charge in [-0.1, -0.05) is 12.1 Å². The zero-order chi connectivity index (χ0) is 15.2. The molecular formula is C16H18FN3O. The van der Waals surface area contributed by atoms with Gasteiger partial charge in [0.1, 0.15) is 5.82 Å². The number of halogens is 1. The van der Waals surface area contributed by atoms with Crippen LogP contribution in [-0.4, -0.2) is 29.4 Å². The SMILES string of the molecule is CCNc1ccncc1C(=O)N(C)Cc1cccc(F)c1. The minimum absolute atomic E-state index is 0.150. The Labute approximate surface area is 123 Å². The molecule has 0 saturated heterocycles. The van der Waals surface area contributed by atoms with E-state index in [1.165, 1.54) is 12.1 Å². The third-order valence-electron chi connectivity index (χ3n) is 3.07. The van der Waals surface area contributed by atoms with Gasteiger partial charge in [-0.25, -0.2) is 4.39 Å². The van der Waals surface area contributed by atoms with E-state index < -0.39 is 0 Å². The van der Waals surface area contributed by atoms with Crippen molar-refractivity contribution in [3.8, 4) is 0 Å². The van der Waals surface area contributed by atoms with Crippen LogP contribution < -0.4 is 5.32 Å². The first-order chi connectivity index (χ1) is 10.1. The van der Waals surface area contributed by atoms with Crippen molar-refractivity contribution >= 4 is 11.6 Å². The first kappa shape index (κ1) is 15.0. The lowest BCUT2D eigenvalue weighted by Gasteiger charge is -2.19. The Hall–Kier alpha value is -2.43. The minimum atomic E-state index is -0.303. The summed E-state index contributed by atoms with van der Waals surface area (Å²) < 4.78 is 13.2. The van der Waals surface area contributed by atoms with Gasteiger partial charge in [0.25, 0.3) is 5.91 Å². The summed E-state index contributed by atoms with van der Waals surface area (Å²) in [6.45, 7) is 3.03. The third kappa shape index (κ3) is 3.78. The van der Waals surface area contributed by atoms with Gasteiger partial charge in [0.05, 0.1) is 11.3 Å². The van der Waals surface area contributed by atoms with Crippen LogP contribution in [0.4, 0.5) is 10.1 Å². The van der Waals surface area contributed by atoms with Crippen LogP contribution in [0.25, 0.3) is 0 Å². The molecule has 1 N–H and O–H groups in total. The maximum atomic E-state index is 13.2. The highest BCUT2D eigenvalue weighted by atomic mass is 19.1. The topological polar surface area (TPSA) is 45.2 Å². The predicted octanol–water partition coefficient (Wildman–Crippen LogP) is 2.92. The van der Waals surface area contributed by atoms with Gasteiger partial charge >= 0.3 is 0 Å². The molecule has 4 nitrogen and oxygen atoms in total. The number of benzene rings is 1. The fraction of sp³-hybridized carbons (Fsp3) is 0.250. The average Bonchev–Trinajstić information content (AvgIpc) is 2.47. The first-order valence-electron chi connectivity index (χ1n) is 6.79. The molecular weight excluding hydrogens is 269 g/mol. The number of pyridine rings is 1. The lowest BCUT2D eigenvalue weighted by atomic mass is 10.1. The number of hydrogen-bond acceptors (Lipinski definition) is 3. The molecule has 1 aromatic carbocycles. The van der Waals surface area contributed by atoms with Gasteiger partial charge in [-0.05, 0) is 30.7 Å². The van der Waals surface area contributed by atoms with E-state index in [0.717, 1.165) is 17.8 Å². The van der Waals surface area contributed by atoms with Crippen LogP contribution in [0.2, 0.25) is 0 Å². The van der Waals surface area contributed by atoms with E-state index in [4.69, 9.17) is 0 Å². The summed E-state index contributed by atoms with van der Waals surface area (Å²) in [4.78, 5) is 18.0. The first-order valence-corrected chi connectivity index (χ1v) is 6.79. The van der Waals surface area contributed by atoms with Crippen molar-refractivity contribution in [3.63, 3.8) is 0 Å². The number of carbonyl (C=O) groups excluding carboxylic acids is 1. The molecule has 0 saturated carbocycles. The number of carbonyl (C=O) groups is 1. The number of amides is 1. The van der Waals surface area contributed by atoms with Crippen LogP contribution in [0, 0.1) is 5.82 Å². The Morgan fingerprint density at radius 1 is 1.38 bits per heavy atom. The summed E-state index contributed by atoms with van der Waals surface area (Å²) in [5.74, 6) is -0.452. The molecule has 0 fully saturated rings. The molecule has 0 unspecified atom stereocenters. The number of nitrogens with zero attached hydrogens (tertiary/aromatic N) is 2. The molecule has 0 aliphatic carbocycles. The van der Waals surface area contributed by atoms with E-state index >= 15 is 0 Å². The molecule has 21 heavy (non-hydrogen) atoms. The Kier molecular flexibility index (Phi) is 4.87. The number of aromatic nitrogens is 1. The zero-order valence-electron chi connectivity index (χ0n) is 12.1. The van der Waals surface area contributed by atoms with Crippen molar-refractivity contribution in [1.29, 1.82) is 0 Å². The molecule has 1 heterocycles. The van der Waals surface area contributed by atoms with Crippen LogP contribution in [0.1, 0.15) is 22.8 Å². The van der Waals surface area contributed by atoms with Crippen molar-refractivity contribution in [2.75, 3.05) is 18.9 Å². The lowest BCUT2D eigenvalue weighted by Crippen LogP contribution is -2.27. The molecule has 0 radical (unpaired) electrons. The van der Waals surface area contributed by atoms with Gasteiger partial charge in [-0.15, -0.1) is 0 Å². The summed E-state index contributed by atoms with van der Waals surface area (Å²) in [5, 5.41) is 3.14. The van der Waals surface area contributed by atoms with E-state index in [9.17, 15) is 9.18 Å². The fourth-order valence-corrected chi connectivity index (χ4v) is 2.10. The summed E-state index contributed by atoms with van der Waals surface area (Å²) in [6, 6.07) is 8.01. The molecule has 5 heteroatoms. The van der Waals surface area contributed by atoms with Crippen molar-refractivity contribution in [2.45, 2.75) is 13.5 Å². The van der Waals surface area contributed by atoms with E-state index in [-0.39, 0.29) is 11.7 Å². The Bertz CT molecular complexity index is 630. The van der Waals surface area contributed by atoms with Gasteiger partial charge in [0.15, 0.2) is 0 Å². The van der Waals surface area contributed by atoms with Gasteiger partial charge in [0, 0.05) is 32.5 Å².